The molecule has 1 amide bonds. The fourth-order valence-corrected chi connectivity index (χ4v) is 2.43. The number of benzene rings is 2. The molecule has 0 saturated heterocycles. The summed E-state index contributed by atoms with van der Waals surface area (Å²) in [7, 11) is 3.51. The highest BCUT2D eigenvalue weighted by Gasteiger charge is 2.09. The zero-order chi connectivity index (χ0) is 16.4. The summed E-state index contributed by atoms with van der Waals surface area (Å²) < 4.78 is 0. The third kappa shape index (κ3) is 3.13. The number of hydrogen-bond donors (Lipinski definition) is 1. The largest absolute Gasteiger partial charge is 0.368 e. The van der Waals surface area contributed by atoms with Crippen LogP contribution in [0.5, 0.6) is 0 Å². The number of carbonyl (C=O) groups excluding carboxylic acids is 1. The Labute approximate surface area is 134 Å². The van der Waals surface area contributed by atoms with Crippen molar-refractivity contribution in [2.24, 2.45) is 0 Å². The highest BCUT2D eigenvalue weighted by atomic mass is 16.2. The van der Waals surface area contributed by atoms with Gasteiger partial charge < -0.3 is 10.6 Å². The van der Waals surface area contributed by atoms with Gasteiger partial charge in [-0.2, -0.15) is 0 Å². The smallest absolute Gasteiger partial charge is 0.226 e. The Morgan fingerprint density at radius 3 is 2.43 bits per heavy atom. The van der Waals surface area contributed by atoms with Crippen LogP contribution in [-0.4, -0.2) is 34.9 Å². The molecule has 0 fully saturated rings. The van der Waals surface area contributed by atoms with E-state index in [0.29, 0.717) is 6.42 Å². The van der Waals surface area contributed by atoms with Crippen LogP contribution in [0.25, 0.3) is 22.2 Å². The fourth-order valence-electron chi connectivity index (χ4n) is 2.43. The first-order valence-corrected chi connectivity index (χ1v) is 7.36. The van der Waals surface area contributed by atoms with Gasteiger partial charge in [0.1, 0.15) is 0 Å². The second kappa shape index (κ2) is 6.04. The standard InChI is InChI=1S/C18H18N4O/c1-22(2)16(23)11-12-7-9-13(10-8-12)17-14-5-3-4-6-15(14)20-18(19)21-17/h3-10H,11H2,1-2H3,(H2,19,20,21). The first-order chi connectivity index (χ1) is 11.0. The molecular weight excluding hydrogens is 288 g/mol. The topological polar surface area (TPSA) is 72.1 Å². The lowest BCUT2D eigenvalue weighted by Crippen LogP contribution is -2.23. The first kappa shape index (κ1) is 15.0. The lowest BCUT2D eigenvalue weighted by Gasteiger charge is -2.11. The van der Waals surface area contributed by atoms with Crippen LogP contribution in [0, 0.1) is 0 Å². The number of aromatic nitrogens is 2. The number of para-hydroxylation sites is 1. The Morgan fingerprint density at radius 1 is 1.04 bits per heavy atom. The van der Waals surface area contributed by atoms with Gasteiger partial charge in [-0.3, -0.25) is 4.79 Å². The number of amides is 1. The lowest BCUT2D eigenvalue weighted by atomic mass is 10.0. The molecule has 0 unspecified atom stereocenters. The van der Waals surface area contributed by atoms with E-state index in [-0.39, 0.29) is 11.9 Å². The van der Waals surface area contributed by atoms with Crippen molar-refractivity contribution in [1.82, 2.24) is 14.9 Å². The summed E-state index contributed by atoms with van der Waals surface area (Å²) in [4.78, 5) is 22.0. The molecule has 0 bridgehead atoms. The van der Waals surface area contributed by atoms with Crippen LogP contribution in [0.1, 0.15) is 5.56 Å². The van der Waals surface area contributed by atoms with Crippen molar-refractivity contribution in [2.75, 3.05) is 19.8 Å². The molecule has 116 valence electrons. The van der Waals surface area contributed by atoms with Crippen molar-refractivity contribution in [2.45, 2.75) is 6.42 Å². The molecule has 1 aromatic heterocycles. The van der Waals surface area contributed by atoms with Gasteiger partial charge in [-0.1, -0.05) is 42.5 Å². The van der Waals surface area contributed by atoms with Gasteiger partial charge in [-0.25, -0.2) is 9.97 Å². The Hall–Kier alpha value is -2.95. The van der Waals surface area contributed by atoms with Gasteiger partial charge in [-0.15, -0.1) is 0 Å². The van der Waals surface area contributed by atoms with Crippen molar-refractivity contribution in [3.05, 3.63) is 54.1 Å². The van der Waals surface area contributed by atoms with E-state index < -0.39 is 0 Å². The molecule has 2 N–H and O–H groups in total. The average molecular weight is 306 g/mol. The van der Waals surface area contributed by atoms with E-state index in [1.54, 1.807) is 19.0 Å². The number of hydrogen-bond acceptors (Lipinski definition) is 4. The van der Waals surface area contributed by atoms with E-state index in [0.717, 1.165) is 27.7 Å². The van der Waals surface area contributed by atoms with Crippen molar-refractivity contribution < 1.29 is 4.79 Å². The minimum Gasteiger partial charge on any atom is -0.368 e. The second-order valence-electron chi connectivity index (χ2n) is 5.61. The van der Waals surface area contributed by atoms with Gasteiger partial charge in [-0.05, 0) is 11.6 Å². The van der Waals surface area contributed by atoms with Crippen LogP contribution in [0.3, 0.4) is 0 Å². The fraction of sp³-hybridized carbons (Fsp3) is 0.167. The molecule has 23 heavy (non-hydrogen) atoms. The Kier molecular flexibility index (Phi) is 3.93. The van der Waals surface area contributed by atoms with Gasteiger partial charge in [0.05, 0.1) is 17.6 Å². The summed E-state index contributed by atoms with van der Waals surface area (Å²) in [5.74, 6) is 0.333. The molecular formula is C18H18N4O. The molecule has 2 aromatic carbocycles. The number of fused-ring (bicyclic) bond motifs is 1. The van der Waals surface area contributed by atoms with Crippen molar-refractivity contribution in [3.63, 3.8) is 0 Å². The lowest BCUT2D eigenvalue weighted by molar-refractivity contribution is -0.127. The van der Waals surface area contributed by atoms with Crippen LogP contribution in [-0.2, 0) is 11.2 Å². The number of nitrogen functional groups attached to an aromatic ring is 1. The maximum Gasteiger partial charge on any atom is 0.226 e. The molecule has 5 heteroatoms. The maximum absolute atomic E-state index is 11.8. The first-order valence-electron chi connectivity index (χ1n) is 7.36. The van der Waals surface area contributed by atoms with Gasteiger partial charge in [0.15, 0.2) is 0 Å². The molecule has 0 spiro atoms. The molecule has 1 heterocycles. The minimum atomic E-state index is 0.0782. The monoisotopic (exact) mass is 306 g/mol. The van der Waals surface area contributed by atoms with Crippen LogP contribution in [0.4, 0.5) is 5.95 Å². The van der Waals surface area contributed by atoms with Crippen LogP contribution in [0.15, 0.2) is 48.5 Å². The van der Waals surface area contributed by atoms with Crippen LogP contribution in [0.2, 0.25) is 0 Å². The Bertz CT molecular complexity index is 857. The maximum atomic E-state index is 11.8. The number of rotatable bonds is 3. The molecule has 5 nitrogen and oxygen atoms in total. The number of carbonyl (C=O) groups is 1. The molecule has 0 aliphatic carbocycles. The number of nitrogens with zero attached hydrogens (tertiary/aromatic N) is 3. The minimum absolute atomic E-state index is 0.0782. The summed E-state index contributed by atoms with van der Waals surface area (Å²) in [6, 6.07) is 15.6. The highest BCUT2D eigenvalue weighted by Crippen LogP contribution is 2.26. The van der Waals surface area contributed by atoms with Crippen molar-refractivity contribution >= 4 is 22.8 Å². The molecule has 0 radical (unpaired) electrons. The van der Waals surface area contributed by atoms with Gasteiger partial charge in [0.2, 0.25) is 11.9 Å². The molecule has 0 aliphatic heterocycles. The summed E-state index contributed by atoms with van der Waals surface area (Å²) in [6.07, 6.45) is 0.389. The second-order valence-corrected chi connectivity index (χ2v) is 5.61. The normalized spacial score (nSPS) is 10.7. The third-order valence-corrected chi connectivity index (χ3v) is 3.70. The molecule has 3 aromatic rings. The van der Waals surface area contributed by atoms with Gasteiger partial charge >= 0.3 is 0 Å². The Morgan fingerprint density at radius 2 is 1.74 bits per heavy atom. The van der Waals surface area contributed by atoms with Crippen molar-refractivity contribution in [3.8, 4) is 11.3 Å². The molecule has 0 atom stereocenters. The van der Waals surface area contributed by atoms with E-state index >= 15 is 0 Å². The number of likely N-dealkylation sites (N-methyl/N-ethyl adjacent to an activating group) is 1. The quantitative estimate of drug-likeness (QED) is 0.807. The summed E-state index contributed by atoms with van der Waals surface area (Å²) in [6.45, 7) is 0. The van der Waals surface area contributed by atoms with Crippen molar-refractivity contribution in [1.29, 1.82) is 0 Å². The average Bonchev–Trinajstić information content (AvgIpc) is 2.54. The zero-order valence-electron chi connectivity index (χ0n) is 13.2. The Balaban J connectivity index is 1.98. The van der Waals surface area contributed by atoms with Gasteiger partial charge in [0, 0.05) is 25.0 Å². The van der Waals surface area contributed by atoms with Crippen LogP contribution < -0.4 is 5.73 Å². The third-order valence-electron chi connectivity index (χ3n) is 3.70. The van der Waals surface area contributed by atoms with E-state index in [4.69, 9.17) is 5.73 Å². The predicted octanol–water partition coefficient (Wildman–Crippen LogP) is 2.51. The van der Waals surface area contributed by atoms with Crippen LogP contribution >= 0.6 is 0 Å². The van der Waals surface area contributed by atoms with E-state index in [9.17, 15) is 4.79 Å². The number of nitrogens with two attached hydrogens (primary N) is 1. The van der Waals surface area contributed by atoms with E-state index in [1.165, 1.54) is 0 Å². The van der Waals surface area contributed by atoms with E-state index in [1.807, 2.05) is 48.5 Å². The summed E-state index contributed by atoms with van der Waals surface area (Å²) in [5.41, 5.74) is 9.37. The number of anilines is 1. The highest BCUT2D eigenvalue weighted by molar-refractivity contribution is 5.93. The molecule has 3 rings (SSSR count). The SMILES string of the molecule is CN(C)C(=O)Cc1ccc(-c2nc(N)nc3ccccc23)cc1. The molecule has 0 aliphatic rings. The predicted molar refractivity (Wildman–Crippen MR) is 91.8 cm³/mol. The summed E-state index contributed by atoms with van der Waals surface area (Å²) in [5, 5.41) is 0.957. The summed E-state index contributed by atoms with van der Waals surface area (Å²) >= 11 is 0. The molecule has 0 saturated carbocycles. The van der Waals surface area contributed by atoms with Gasteiger partial charge in [0.25, 0.3) is 0 Å². The zero-order valence-corrected chi connectivity index (χ0v) is 13.2. The van der Waals surface area contributed by atoms with E-state index in [2.05, 4.69) is 9.97 Å².